The van der Waals surface area contributed by atoms with Gasteiger partial charge in [-0.3, -0.25) is 9.59 Å². The number of amides is 1. The number of fused-ring (bicyclic) bond motifs is 1. The number of hydrogen-bond acceptors (Lipinski definition) is 4. The van der Waals surface area contributed by atoms with Gasteiger partial charge in [-0.25, -0.2) is 4.52 Å². The lowest BCUT2D eigenvalue weighted by atomic mass is 10.1. The molecule has 0 fully saturated rings. The van der Waals surface area contributed by atoms with Crippen LogP contribution >= 0.6 is 0 Å². The van der Waals surface area contributed by atoms with Crippen molar-refractivity contribution in [3.63, 3.8) is 0 Å². The minimum absolute atomic E-state index is 0.0597. The monoisotopic (exact) mass is 430 g/mol. The predicted molar refractivity (Wildman–Crippen MR) is 124 cm³/mol. The van der Waals surface area contributed by atoms with Gasteiger partial charge in [0.2, 0.25) is 5.91 Å². The van der Waals surface area contributed by atoms with Crippen LogP contribution in [0.3, 0.4) is 0 Å². The standard InChI is InChI=1S/C25H26N4O3/c1-3-32-21-10-8-19(9-11-21)22-17-23-25(31)28(14-15-29(23)27-22)13-12-26-24(30)16-20-7-5-4-6-18(20)2/h4-11,14-15,17H,3,12-13,16H2,1-2H3,(H,26,30). The van der Waals surface area contributed by atoms with Crippen LogP contribution in [0.15, 0.2) is 71.8 Å². The van der Waals surface area contributed by atoms with Crippen molar-refractivity contribution in [2.24, 2.45) is 0 Å². The molecule has 0 aliphatic rings. The number of nitrogens with one attached hydrogen (secondary N) is 1. The van der Waals surface area contributed by atoms with Crippen molar-refractivity contribution < 1.29 is 9.53 Å². The lowest BCUT2D eigenvalue weighted by molar-refractivity contribution is -0.120. The van der Waals surface area contributed by atoms with Crippen molar-refractivity contribution in [3.05, 3.63) is 88.5 Å². The Morgan fingerprint density at radius 1 is 1.09 bits per heavy atom. The van der Waals surface area contributed by atoms with Crippen molar-refractivity contribution in [2.45, 2.75) is 26.8 Å². The molecule has 2 aromatic carbocycles. The summed E-state index contributed by atoms with van der Waals surface area (Å²) < 4.78 is 8.65. The molecule has 0 aliphatic heterocycles. The normalized spacial score (nSPS) is 10.9. The Bertz CT molecular complexity index is 1290. The largest absolute Gasteiger partial charge is 0.494 e. The van der Waals surface area contributed by atoms with Gasteiger partial charge in [-0.05, 0) is 55.3 Å². The van der Waals surface area contributed by atoms with E-state index in [9.17, 15) is 9.59 Å². The second-order valence-electron chi connectivity index (χ2n) is 7.57. The van der Waals surface area contributed by atoms with Gasteiger partial charge in [0.15, 0.2) is 0 Å². The van der Waals surface area contributed by atoms with Gasteiger partial charge < -0.3 is 14.6 Å². The van der Waals surface area contributed by atoms with Gasteiger partial charge in [-0.1, -0.05) is 24.3 Å². The van der Waals surface area contributed by atoms with E-state index in [1.54, 1.807) is 27.5 Å². The third kappa shape index (κ3) is 4.72. The van der Waals surface area contributed by atoms with E-state index in [2.05, 4.69) is 10.4 Å². The number of benzene rings is 2. The van der Waals surface area contributed by atoms with Crippen LogP contribution in [0.2, 0.25) is 0 Å². The fraction of sp³-hybridized carbons (Fsp3) is 0.240. The fourth-order valence-electron chi connectivity index (χ4n) is 3.59. The Morgan fingerprint density at radius 2 is 1.88 bits per heavy atom. The number of aromatic nitrogens is 3. The van der Waals surface area contributed by atoms with Gasteiger partial charge in [-0.2, -0.15) is 5.10 Å². The quantitative estimate of drug-likeness (QED) is 0.466. The van der Waals surface area contributed by atoms with Crippen molar-refractivity contribution in [3.8, 4) is 17.0 Å². The molecule has 2 heterocycles. The number of carbonyl (C=O) groups excluding carboxylic acids is 1. The smallest absolute Gasteiger partial charge is 0.276 e. The summed E-state index contributed by atoms with van der Waals surface area (Å²) in [5.41, 5.74) is 4.06. The average Bonchev–Trinajstić information content (AvgIpc) is 3.23. The summed E-state index contributed by atoms with van der Waals surface area (Å²) in [6.07, 6.45) is 3.77. The number of ether oxygens (including phenoxy) is 1. The topological polar surface area (TPSA) is 77.6 Å². The first-order valence-electron chi connectivity index (χ1n) is 10.7. The van der Waals surface area contributed by atoms with Crippen LogP contribution in [0.4, 0.5) is 0 Å². The maximum absolute atomic E-state index is 12.9. The third-order valence-electron chi connectivity index (χ3n) is 5.35. The van der Waals surface area contributed by atoms with Crippen molar-refractivity contribution >= 4 is 11.4 Å². The predicted octanol–water partition coefficient (Wildman–Crippen LogP) is 3.23. The third-order valence-corrected chi connectivity index (χ3v) is 5.35. The van der Waals surface area contributed by atoms with Gasteiger partial charge in [0.25, 0.3) is 5.56 Å². The molecule has 2 aromatic heterocycles. The van der Waals surface area contributed by atoms with Crippen LogP contribution < -0.4 is 15.6 Å². The first-order chi connectivity index (χ1) is 15.5. The first kappa shape index (κ1) is 21.4. The Balaban J connectivity index is 1.42. The summed E-state index contributed by atoms with van der Waals surface area (Å²) in [6.45, 7) is 5.31. The molecule has 0 bridgehead atoms. The summed E-state index contributed by atoms with van der Waals surface area (Å²) in [5, 5.41) is 7.41. The second-order valence-corrected chi connectivity index (χ2v) is 7.57. The van der Waals surface area contributed by atoms with Crippen LogP contribution in [0.25, 0.3) is 16.8 Å². The zero-order valence-corrected chi connectivity index (χ0v) is 18.2. The van der Waals surface area contributed by atoms with Crippen molar-refractivity contribution in [1.82, 2.24) is 19.5 Å². The molecule has 0 spiro atoms. The van der Waals surface area contributed by atoms with Crippen LogP contribution in [0, 0.1) is 6.92 Å². The van der Waals surface area contributed by atoms with Gasteiger partial charge in [-0.15, -0.1) is 0 Å². The molecule has 1 N–H and O–H groups in total. The molecule has 7 nitrogen and oxygen atoms in total. The molecule has 164 valence electrons. The summed E-state index contributed by atoms with van der Waals surface area (Å²) >= 11 is 0. The molecule has 4 rings (SSSR count). The minimum atomic E-state index is -0.148. The van der Waals surface area contributed by atoms with E-state index in [0.717, 1.165) is 28.1 Å². The lowest BCUT2D eigenvalue weighted by Gasteiger charge is -2.09. The number of aryl methyl sites for hydroxylation is 1. The molecule has 7 heteroatoms. The van der Waals surface area contributed by atoms with E-state index >= 15 is 0 Å². The summed E-state index contributed by atoms with van der Waals surface area (Å²) in [6, 6.07) is 17.2. The molecule has 4 aromatic rings. The highest BCUT2D eigenvalue weighted by Gasteiger charge is 2.10. The maximum atomic E-state index is 12.9. The van der Waals surface area contributed by atoms with Gasteiger partial charge in [0.1, 0.15) is 11.3 Å². The van der Waals surface area contributed by atoms with E-state index in [4.69, 9.17) is 4.74 Å². The Labute approximate surface area is 186 Å². The van der Waals surface area contributed by atoms with Crippen LogP contribution in [0.1, 0.15) is 18.1 Å². The van der Waals surface area contributed by atoms with E-state index in [1.165, 1.54) is 0 Å². The molecule has 0 saturated heterocycles. The molecule has 0 radical (unpaired) electrons. The highest BCUT2D eigenvalue weighted by Crippen LogP contribution is 2.21. The van der Waals surface area contributed by atoms with E-state index in [1.807, 2.05) is 62.4 Å². The summed E-state index contributed by atoms with van der Waals surface area (Å²) in [4.78, 5) is 25.1. The van der Waals surface area contributed by atoms with Gasteiger partial charge in [0.05, 0.1) is 18.7 Å². The Morgan fingerprint density at radius 3 is 2.62 bits per heavy atom. The van der Waals surface area contributed by atoms with Crippen molar-refractivity contribution in [1.29, 1.82) is 0 Å². The number of carbonyl (C=O) groups is 1. The summed E-state index contributed by atoms with van der Waals surface area (Å²) in [5.74, 6) is 0.738. The van der Waals surface area contributed by atoms with E-state index in [-0.39, 0.29) is 11.5 Å². The average molecular weight is 431 g/mol. The zero-order valence-electron chi connectivity index (χ0n) is 18.2. The van der Waals surface area contributed by atoms with E-state index in [0.29, 0.717) is 31.6 Å². The molecule has 0 unspecified atom stereocenters. The maximum Gasteiger partial charge on any atom is 0.276 e. The molecule has 0 atom stereocenters. The molecule has 1 amide bonds. The Kier molecular flexibility index (Phi) is 6.35. The first-order valence-corrected chi connectivity index (χ1v) is 10.7. The van der Waals surface area contributed by atoms with Crippen LogP contribution in [-0.4, -0.2) is 33.2 Å². The van der Waals surface area contributed by atoms with Crippen molar-refractivity contribution in [2.75, 3.05) is 13.2 Å². The van der Waals surface area contributed by atoms with Crippen LogP contribution in [-0.2, 0) is 17.8 Å². The van der Waals surface area contributed by atoms with E-state index < -0.39 is 0 Å². The molecule has 32 heavy (non-hydrogen) atoms. The second kappa shape index (κ2) is 9.51. The SMILES string of the molecule is CCOc1ccc(-c2cc3c(=O)n(CCNC(=O)Cc4ccccc4C)ccn3n2)cc1. The van der Waals surface area contributed by atoms with Gasteiger partial charge >= 0.3 is 0 Å². The summed E-state index contributed by atoms with van der Waals surface area (Å²) in [7, 11) is 0. The highest BCUT2D eigenvalue weighted by molar-refractivity contribution is 5.78. The molecular formula is C25H26N4O3. The number of hydrogen-bond donors (Lipinski definition) is 1. The molecule has 0 aliphatic carbocycles. The molecule has 0 saturated carbocycles. The molecular weight excluding hydrogens is 404 g/mol. The number of rotatable bonds is 8. The minimum Gasteiger partial charge on any atom is -0.494 e. The zero-order chi connectivity index (χ0) is 22.5. The van der Waals surface area contributed by atoms with Gasteiger partial charge in [0, 0.05) is 31.0 Å². The highest BCUT2D eigenvalue weighted by atomic mass is 16.5. The van der Waals surface area contributed by atoms with Crippen LogP contribution in [0.5, 0.6) is 5.75 Å². The lowest BCUT2D eigenvalue weighted by Crippen LogP contribution is -2.32. The Hall–Kier alpha value is -3.87. The fourth-order valence-corrected chi connectivity index (χ4v) is 3.59. The number of nitrogens with zero attached hydrogens (tertiary/aromatic N) is 3.